The molecule has 0 atom stereocenters. The van der Waals surface area contributed by atoms with Crippen LogP contribution in [0.4, 0.5) is 11.4 Å². The van der Waals surface area contributed by atoms with E-state index in [0.717, 1.165) is 0 Å². The summed E-state index contributed by atoms with van der Waals surface area (Å²) in [4.78, 5) is 16.7. The Bertz CT molecular complexity index is 1580. The summed E-state index contributed by atoms with van der Waals surface area (Å²) in [6.45, 7) is 5.26. The van der Waals surface area contributed by atoms with E-state index in [9.17, 15) is 21.6 Å². The molecule has 3 aromatic rings. The summed E-state index contributed by atoms with van der Waals surface area (Å²) in [6, 6.07) is 9.94. The van der Waals surface area contributed by atoms with Crippen LogP contribution in [-0.4, -0.2) is 55.6 Å². The number of piperidine rings is 1. The second kappa shape index (κ2) is 10.2. The molecule has 3 N–H and O–H groups in total. The zero-order valence-corrected chi connectivity index (χ0v) is 23.1. The van der Waals surface area contributed by atoms with Gasteiger partial charge in [-0.2, -0.15) is 0 Å². The molecule has 1 aliphatic rings. The molecule has 0 bridgehead atoms. The van der Waals surface area contributed by atoms with Crippen molar-refractivity contribution >= 4 is 59.6 Å². The lowest BCUT2D eigenvalue weighted by atomic mass is 10.1. The maximum absolute atomic E-state index is 13.7. The van der Waals surface area contributed by atoms with Crippen LogP contribution < -0.4 is 11.1 Å². The Balaban J connectivity index is 1.76. The largest absolute Gasteiger partial charge is 0.365 e. The molecule has 37 heavy (non-hydrogen) atoms. The lowest BCUT2D eigenvalue weighted by Crippen LogP contribution is -2.44. The molecule has 12 heteroatoms. The number of aryl methyl sites for hydroxylation is 1. The van der Waals surface area contributed by atoms with E-state index in [2.05, 4.69) is 10.3 Å². The molecule has 1 aliphatic heterocycles. The predicted molar refractivity (Wildman–Crippen MR) is 146 cm³/mol. The molecule has 2 aromatic carbocycles. The number of pyridine rings is 1. The quantitative estimate of drug-likeness (QED) is 0.442. The number of carbonyl (C=O) groups excluding carboxylic acids is 1. The maximum Gasteiger partial charge on any atom is 0.252 e. The monoisotopic (exact) mass is 564 g/mol. The highest BCUT2D eigenvalue weighted by Gasteiger charge is 2.36. The van der Waals surface area contributed by atoms with Crippen LogP contribution in [0.3, 0.4) is 0 Å². The number of rotatable bonds is 7. The van der Waals surface area contributed by atoms with Crippen molar-refractivity contribution in [1.82, 2.24) is 9.29 Å². The van der Waals surface area contributed by atoms with Crippen LogP contribution in [0.2, 0.25) is 5.02 Å². The van der Waals surface area contributed by atoms with Crippen molar-refractivity contribution in [2.45, 2.75) is 49.0 Å². The summed E-state index contributed by atoms with van der Waals surface area (Å²) in [6.07, 6.45) is 1.75. The molecule has 1 fully saturated rings. The molecule has 0 unspecified atom stereocenters. The number of halogens is 1. The van der Waals surface area contributed by atoms with Crippen LogP contribution in [0.1, 0.15) is 42.6 Å². The molecule has 0 spiro atoms. The zero-order valence-electron chi connectivity index (χ0n) is 20.7. The van der Waals surface area contributed by atoms with Crippen molar-refractivity contribution in [2.24, 2.45) is 5.73 Å². The molecule has 9 nitrogen and oxygen atoms in total. The molecule has 1 amide bonds. The van der Waals surface area contributed by atoms with Gasteiger partial charge in [0, 0.05) is 35.4 Å². The number of sulfone groups is 1. The highest BCUT2D eigenvalue weighted by molar-refractivity contribution is 7.92. The van der Waals surface area contributed by atoms with Gasteiger partial charge in [0.1, 0.15) is 0 Å². The second-order valence-corrected chi connectivity index (χ2v) is 14.6. The Labute approximate surface area is 222 Å². The van der Waals surface area contributed by atoms with Gasteiger partial charge in [-0.3, -0.25) is 9.78 Å². The number of fused-ring (bicyclic) bond motifs is 1. The van der Waals surface area contributed by atoms with Gasteiger partial charge in [-0.25, -0.2) is 21.1 Å². The lowest BCUT2D eigenvalue weighted by molar-refractivity contribution is 0.100. The van der Waals surface area contributed by atoms with Crippen LogP contribution in [0.25, 0.3) is 10.9 Å². The van der Waals surface area contributed by atoms with Crippen molar-refractivity contribution in [1.29, 1.82) is 0 Å². The summed E-state index contributed by atoms with van der Waals surface area (Å²) in [7, 11) is -7.26. The van der Waals surface area contributed by atoms with Gasteiger partial charge < -0.3 is 11.1 Å². The molecular weight excluding hydrogens is 536 g/mol. The summed E-state index contributed by atoms with van der Waals surface area (Å²) < 4.78 is 53.8. The van der Waals surface area contributed by atoms with Crippen LogP contribution in [0.5, 0.6) is 0 Å². The number of benzene rings is 2. The minimum absolute atomic E-state index is 0.0835. The second-order valence-electron chi connectivity index (χ2n) is 9.42. The number of sulfonamides is 1. The van der Waals surface area contributed by atoms with Gasteiger partial charge in [0.05, 0.1) is 32.2 Å². The highest BCUT2D eigenvalue weighted by Crippen LogP contribution is 2.35. The standard InChI is InChI=1S/C25H29ClN4O5S2/c1-15(2)37(34,35)30-9-7-19(8-10-30)36(32,33)20-11-16(3)23-21(13-20)24(22(14-28-23)25(27)31)29-18-6-4-5-17(26)12-18/h4-6,11-15,19H,7-10H2,1-3H3,(H2,27,31)(H,28,29). The smallest absolute Gasteiger partial charge is 0.252 e. The Kier molecular flexibility index (Phi) is 7.53. The normalized spacial score (nSPS) is 15.8. The number of carbonyl (C=O) groups is 1. The van der Waals surface area contributed by atoms with E-state index in [1.165, 1.54) is 16.6 Å². The molecule has 198 valence electrons. The molecule has 0 saturated carbocycles. The van der Waals surface area contributed by atoms with Gasteiger partial charge in [0.2, 0.25) is 10.0 Å². The van der Waals surface area contributed by atoms with Crippen molar-refractivity contribution in [3.8, 4) is 0 Å². The molecule has 1 aromatic heterocycles. The topological polar surface area (TPSA) is 140 Å². The van der Waals surface area contributed by atoms with Gasteiger partial charge in [0.15, 0.2) is 9.84 Å². The van der Waals surface area contributed by atoms with Crippen LogP contribution >= 0.6 is 11.6 Å². The van der Waals surface area contributed by atoms with Crippen LogP contribution in [0.15, 0.2) is 47.5 Å². The summed E-state index contributed by atoms with van der Waals surface area (Å²) >= 11 is 6.12. The van der Waals surface area contributed by atoms with Gasteiger partial charge in [-0.1, -0.05) is 17.7 Å². The Morgan fingerprint density at radius 1 is 1.14 bits per heavy atom. The van der Waals surface area contributed by atoms with Gasteiger partial charge >= 0.3 is 0 Å². The first-order valence-corrected chi connectivity index (χ1v) is 15.2. The third-order valence-electron chi connectivity index (χ3n) is 6.62. The van der Waals surface area contributed by atoms with E-state index in [1.54, 1.807) is 51.1 Å². The Hall–Kier alpha value is -2.73. The fraction of sp³-hybridized carbons (Fsp3) is 0.360. The van der Waals surface area contributed by atoms with E-state index in [1.807, 2.05) is 0 Å². The van der Waals surface area contributed by atoms with Crippen LogP contribution in [0, 0.1) is 6.92 Å². The van der Waals surface area contributed by atoms with E-state index >= 15 is 0 Å². The van der Waals surface area contributed by atoms with Crippen molar-refractivity contribution in [2.75, 3.05) is 18.4 Å². The van der Waals surface area contributed by atoms with Crippen molar-refractivity contribution < 1.29 is 21.6 Å². The minimum Gasteiger partial charge on any atom is -0.365 e. The number of primary amides is 1. The predicted octanol–water partition coefficient (Wildman–Crippen LogP) is 4.02. The van der Waals surface area contributed by atoms with Crippen molar-refractivity contribution in [3.05, 3.63) is 58.7 Å². The number of nitrogens with two attached hydrogens (primary N) is 1. The first kappa shape index (κ1) is 27.3. The average Bonchev–Trinajstić information content (AvgIpc) is 2.84. The van der Waals surface area contributed by atoms with Gasteiger partial charge in [-0.15, -0.1) is 0 Å². The molecule has 1 saturated heterocycles. The fourth-order valence-corrected chi connectivity index (χ4v) is 7.88. The average molecular weight is 565 g/mol. The maximum atomic E-state index is 13.7. The highest BCUT2D eigenvalue weighted by atomic mass is 35.5. The molecule has 2 heterocycles. The van der Waals surface area contributed by atoms with E-state index in [4.69, 9.17) is 17.3 Å². The van der Waals surface area contributed by atoms with E-state index in [0.29, 0.717) is 32.9 Å². The first-order valence-electron chi connectivity index (χ1n) is 11.8. The van der Waals surface area contributed by atoms with Crippen molar-refractivity contribution in [3.63, 3.8) is 0 Å². The number of nitrogens with zero attached hydrogens (tertiary/aromatic N) is 2. The summed E-state index contributed by atoms with van der Waals surface area (Å²) in [5.74, 6) is -0.719. The first-order chi connectivity index (χ1) is 17.3. The third kappa shape index (κ3) is 5.31. The fourth-order valence-electron chi connectivity index (χ4n) is 4.53. The number of amides is 1. The Morgan fingerprint density at radius 3 is 2.41 bits per heavy atom. The number of nitrogens with one attached hydrogen (secondary N) is 1. The molecule has 0 aliphatic carbocycles. The summed E-state index contributed by atoms with van der Waals surface area (Å²) in [5.41, 5.74) is 7.78. The molecule has 0 radical (unpaired) electrons. The minimum atomic E-state index is -3.81. The SMILES string of the molecule is Cc1cc(S(=O)(=O)C2CCN(S(=O)(=O)C(C)C)CC2)cc2c(Nc3cccc(Cl)c3)c(C(N)=O)cnc12. The molecule has 4 rings (SSSR count). The number of hydrogen-bond donors (Lipinski definition) is 2. The Morgan fingerprint density at radius 2 is 1.81 bits per heavy atom. The third-order valence-corrected chi connectivity index (χ3v) is 11.4. The van der Waals surface area contributed by atoms with E-state index < -0.39 is 36.3 Å². The number of anilines is 2. The van der Waals surface area contributed by atoms with Crippen LogP contribution in [-0.2, 0) is 19.9 Å². The molecular formula is C25H29ClN4O5S2. The van der Waals surface area contributed by atoms with Gasteiger partial charge in [-0.05, 0) is 69.5 Å². The van der Waals surface area contributed by atoms with E-state index in [-0.39, 0.29) is 36.4 Å². The summed E-state index contributed by atoms with van der Waals surface area (Å²) in [5, 5.41) is 2.76. The van der Waals surface area contributed by atoms with Gasteiger partial charge in [0.25, 0.3) is 5.91 Å². The lowest BCUT2D eigenvalue weighted by Gasteiger charge is -2.32. The number of aromatic nitrogens is 1. The number of hydrogen-bond acceptors (Lipinski definition) is 7. The zero-order chi connectivity index (χ0) is 27.1.